The van der Waals surface area contributed by atoms with E-state index >= 15 is 0 Å². The first-order valence-corrected chi connectivity index (χ1v) is 10.5. The quantitative estimate of drug-likeness (QED) is 0.233. The first kappa shape index (κ1) is 22.1. The van der Waals surface area contributed by atoms with Crippen molar-refractivity contribution in [1.29, 1.82) is 0 Å². The summed E-state index contributed by atoms with van der Waals surface area (Å²) in [4.78, 5) is 38.6. The number of thiocarbonyl (C=S) groups is 1. The number of carbonyl (C=O) groups excluding carboxylic acids is 3. The number of amides is 3. The summed E-state index contributed by atoms with van der Waals surface area (Å²) < 4.78 is 0.875. The van der Waals surface area contributed by atoms with E-state index in [4.69, 9.17) is 12.2 Å². The summed E-state index contributed by atoms with van der Waals surface area (Å²) in [5.41, 5.74) is 3.66. The van der Waals surface area contributed by atoms with Gasteiger partial charge in [0.05, 0.1) is 15.7 Å². The highest BCUT2D eigenvalue weighted by Crippen LogP contribution is 2.31. The van der Waals surface area contributed by atoms with Crippen molar-refractivity contribution in [2.24, 2.45) is 11.0 Å². The Kier molecular flexibility index (Phi) is 6.64. The van der Waals surface area contributed by atoms with Crippen LogP contribution in [0.3, 0.4) is 0 Å². The maximum Gasteiger partial charge on any atom is 0.275 e. The highest BCUT2D eigenvalue weighted by Gasteiger charge is 2.38. The van der Waals surface area contributed by atoms with Gasteiger partial charge < -0.3 is 10.4 Å². The second-order valence-corrected chi connectivity index (χ2v) is 8.44. The Morgan fingerprint density at radius 3 is 2.60 bits per heavy atom. The number of nitrogens with one attached hydrogen (secondary N) is 2. The third kappa shape index (κ3) is 4.58. The minimum absolute atomic E-state index is 0.0357. The topological polar surface area (TPSA) is 111 Å². The molecule has 3 rings (SSSR count). The van der Waals surface area contributed by atoms with Crippen molar-refractivity contribution in [3.63, 3.8) is 0 Å². The molecule has 2 aromatic carbocycles. The highest BCUT2D eigenvalue weighted by atomic mass is 79.9. The molecule has 11 heteroatoms. The summed E-state index contributed by atoms with van der Waals surface area (Å²) in [6.45, 7) is 1.90. The van der Waals surface area contributed by atoms with Gasteiger partial charge in [0.2, 0.25) is 5.91 Å². The first-order valence-electron chi connectivity index (χ1n) is 8.46. The Hall–Kier alpha value is -2.63. The molecule has 0 aliphatic carbocycles. The van der Waals surface area contributed by atoms with Crippen molar-refractivity contribution in [1.82, 2.24) is 10.7 Å². The molecule has 2 aromatic rings. The van der Waals surface area contributed by atoms with Gasteiger partial charge in [-0.05, 0) is 59.3 Å². The molecule has 1 aliphatic rings. The zero-order valence-corrected chi connectivity index (χ0v) is 19.3. The lowest BCUT2D eigenvalue weighted by Gasteiger charge is -2.30. The molecule has 0 radical (unpaired) electrons. The maximum atomic E-state index is 12.8. The highest BCUT2D eigenvalue weighted by molar-refractivity contribution is 9.11. The fourth-order valence-electron chi connectivity index (χ4n) is 2.63. The van der Waals surface area contributed by atoms with E-state index in [1.165, 1.54) is 11.0 Å². The summed E-state index contributed by atoms with van der Waals surface area (Å²) >= 11 is 11.5. The standard InChI is InChI=1S/C19H14Br2N4O4S/c1-9-2-4-11(5-3-9)25-18(29)13(16(27)23-19(25)30)8-22-24-17(28)12-6-10(20)7-14(21)15(12)26/h2-8,13,26H,1H3,(H,24,28)(H,23,27,30)/b22-8+/t13-/m0/s1. The number of aromatic hydroxyl groups is 1. The van der Waals surface area contributed by atoms with Gasteiger partial charge in [0.25, 0.3) is 11.8 Å². The molecule has 154 valence electrons. The number of rotatable bonds is 4. The fraction of sp³-hybridized carbons (Fsp3) is 0.105. The van der Waals surface area contributed by atoms with Crippen LogP contribution < -0.4 is 15.6 Å². The summed E-state index contributed by atoms with van der Waals surface area (Å²) in [5, 5.41) is 16.2. The van der Waals surface area contributed by atoms with Crippen LogP contribution in [0.2, 0.25) is 0 Å². The number of phenols is 1. The maximum absolute atomic E-state index is 12.8. The molecule has 3 N–H and O–H groups in total. The van der Waals surface area contributed by atoms with Crippen LogP contribution in [0.4, 0.5) is 5.69 Å². The van der Waals surface area contributed by atoms with E-state index in [0.29, 0.717) is 14.6 Å². The molecule has 1 fully saturated rings. The van der Waals surface area contributed by atoms with Gasteiger partial charge in [-0.2, -0.15) is 5.10 Å². The number of hydrogen-bond acceptors (Lipinski definition) is 6. The molecule has 1 aliphatic heterocycles. The van der Waals surface area contributed by atoms with Crippen molar-refractivity contribution >= 4 is 78.8 Å². The largest absolute Gasteiger partial charge is 0.506 e. The van der Waals surface area contributed by atoms with Gasteiger partial charge in [-0.15, -0.1) is 0 Å². The Morgan fingerprint density at radius 1 is 1.27 bits per heavy atom. The van der Waals surface area contributed by atoms with Crippen molar-refractivity contribution < 1.29 is 19.5 Å². The van der Waals surface area contributed by atoms with Crippen LogP contribution in [0.1, 0.15) is 15.9 Å². The number of anilines is 1. The number of carbonyl (C=O) groups is 3. The molecule has 0 unspecified atom stereocenters. The SMILES string of the molecule is Cc1ccc(N2C(=O)[C@@H](/C=N/NC(=O)c3cc(Br)cc(Br)c3O)C(=O)NC2=S)cc1. The number of halogens is 2. The average molecular weight is 554 g/mol. The lowest BCUT2D eigenvalue weighted by atomic mass is 10.1. The molecule has 1 heterocycles. The van der Waals surface area contributed by atoms with Gasteiger partial charge in [0.15, 0.2) is 11.0 Å². The van der Waals surface area contributed by atoms with E-state index in [-0.39, 0.29) is 16.4 Å². The average Bonchev–Trinajstić information content (AvgIpc) is 2.68. The Morgan fingerprint density at radius 2 is 1.93 bits per heavy atom. The smallest absolute Gasteiger partial charge is 0.275 e. The molecule has 1 saturated heterocycles. The molecule has 8 nitrogen and oxygen atoms in total. The minimum atomic E-state index is -1.29. The molecule has 0 bridgehead atoms. The second-order valence-electron chi connectivity index (χ2n) is 6.28. The molecular formula is C19H14Br2N4O4S. The predicted octanol–water partition coefficient (Wildman–Crippen LogP) is 3.01. The lowest BCUT2D eigenvalue weighted by molar-refractivity contribution is -0.130. The Labute approximate surface area is 193 Å². The van der Waals surface area contributed by atoms with Crippen molar-refractivity contribution in [2.75, 3.05) is 4.90 Å². The molecule has 0 spiro atoms. The van der Waals surface area contributed by atoms with E-state index in [2.05, 4.69) is 47.7 Å². The number of aryl methyl sites for hydroxylation is 1. The summed E-state index contributed by atoms with van der Waals surface area (Å²) in [6, 6.07) is 10.0. The summed E-state index contributed by atoms with van der Waals surface area (Å²) in [5.74, 6) is -3.53. The number of nitrogens with zero attached hydrogens (tertiary/aromatic N) is 2. The van der Waals surface area contributed by atoms with Crippen LogP contribution in [0.5, 0.6) is 5.75 Å². The van der Waals surface area contributed by atoms with Crippen LogP contribution in [0, 0.1) is 12.8 Å². The van der Waals surface area contributed by atoms with E-state index in [1.807, 2.05) is 19.1 Å². The Bertz CT molecular complexity index is 1090. The molecule has 30 heavy (non-hydrogen) atoms. The number of hydrazone groups is 1. The normalized spacial score (nSPS) is 16.7. The minimum Gasteiger partial charge on any atom is -0.506 e. The number of phenolic OH excluding ortho intramolecular Hbond substituents is 1. The first-order chi connectivity index (χ1) is 14.2. The third-order valence-electron chi connectivity index (χ3n) is 4.16. The summed E-state index contributed by atoms with van der Waals surface area (Å²) in [6.07, 6.45) is 1.02. The summed E-state index contributed by atoms with van der Waals surface area (Å²) in [7, 11) is 0. The molecule has 3 amide bonds. The van der Waals surface area contributed by atoms with Gasteiger partial charge >= 0.3 is 0 Å². The second kappa shape index (κ2) is 9.02. The zero-order chi connectivity index (χ0) is 22.0. The van der Waals surface area contributed by atoms with E-state index in [0.717, 1.165) is 11.8 Å². The van der Waals surface area contributed by atoms with Crippen LogP contribution in [-0.4, -0.2) is 34.2 Å². The van der Waals surface area contributed by atoms with E-state index in [1.54, 1.807) is 18.2 Å². The van der Waals surface area contributed by atoms with Crippen molar-refractivity contribution in [3.05, 3.63) is 56.5 Å². The van der Waals surface area contributed by atoms with E-state index in [9.17, 15) is 19.5 Å². The van der Waals surface area contributed by atoms with Crippen LogP contribution in [0.25, 0.3) is 0 Å². The fourth-order valence-corrected chi connectivity index (χ4v) is 4.15. The van der Waals surface area contributed by atoms with Gasteiger partial charge in [-0.1, -0.05) is 33.6 Å². The third-order valence-corrected chi connectivity index (χ3v) is 5.50. The van der Waals surface area contributed by atoms with Gasteiger partial charge in [0.1, 0.15) is 5.75 Å². The zero-order valence-electron chi connectivity index (χ0n) is 15.3. The molecule has 0 saturated carbocycles. The van der Waals surface area contributed by atoms with Gasteiger partial charge in [-0.25, -0.2) is 5.43 Å². The monoisotopic (exact) mass is 552 g/mol. The van der Waals surface area contributed by atoms with Crippen LogP contribution in [-0.2, 0) is 9.59 Å². The Balaban J connectivity index is 1.78. The lowest BCUT2D eigenvalue weighted by Crippen LogP contribution is -2.58. The molecular weight excluding hydrogens is 540 g/mol. The predicted molar refractivity (Wildman–Crippen MR) is 122 cm³/mol. The van der Waals surface area contributed by atoms with Crippen LogP contribution in [0.15, 0.2) is 50.4 Å². The van der Waals surface area contributed by atoms with Crippen LogP contribution >= 0.6 is 44.1 Å². The molecule has 0 aromatic heterocycles. The van der Waals surface area contributed by atoms with E-state index < -0.39 is 23.6 Å². The number of benzene rings is 2. The van der Waals surface area contributed by atoms with Crippen molar-refractivity contribution in [3.8, 4) is 5.75 Å². The number of hydrogen-bond donors (Lipinski definition) is 3. The van der Waals surface area contributed by atoms with Crippen molar-refractivity contribution in [2.45, 2.75) is 6.92 Å². The molecule has 1 atom stereocenters. The van der Waals surface area contributed by atoms with Gasteiger partial charge in [-0.3, -0.25) is 19.3 Å². The van der Waals surface area contributed by atoms with Gasteiger partial charge in [0, 0.05) is 10.7 Å².